The molecular weight excluding hydrogens is 216 g/mol. The first kappa shape index (κ1) is 13.5. The highest BCUT2D eigenvalue weighted by Gasteiger charge is 2.42. The molecule has 1 aliphatic rings. The van der Waals surface area contributed by atoms with Crippen molar-refractivity contribution < 1.29 is 28.8 Å². The highest BCUT2D eigenvalue weighted by Crippen LogP contribution is 2.23. The van der Waals surface area contributed by atoms with Crippen LogP contribution in [0.5, 0.6) is 0 Å². The average Bonchev–Trinajstić information content (AvgIpc) is 2.23. The number of rotatable bonds is 4. The van der Waals surface area contributed by atoms with E-state index in [4.69, 9.17) is 18.9 Å². The molecule has 0 aromatic heterocycles. The molecule has 16 heavy (non-hydrogen) atoms. The summed E-state index contributed by atoms with van der Waals surface area (Å²) < 4.78 is 20.3. The Morgan fingerprint density at radius 2 is 2.00 bits per heavy atom. The highest BCUT2D eigenvalue weighted by atomic mass is 16.7. The number of hydrogen-bond donors (Lipinski definition) is 1. The van der Waals surface area contributed by atoms with Crippen LogP contribution >= 0.6 is 0 Å². The summed E-state index contributed by atoms with van der Waals surface area (Å²) in [6, 6.07) is 0. The fraction of sp³-hybridized carbons (Fsp3) is 0.900. The lowest BCUT2D eigenvalue weighted by atomic mass is 10.1. The van der Waals surface area contributed by atoms with E-state index in [-0.39, 0.29) is 12.4 Å². The van der Waals surface area contributed by atoms with Crippen molar-refractivity contribution in [3.05, 3.63) is 0 Å². The summed E-state index contributed by atoms with van der Waals surface area (Å²) in [6.45, 7) is 3.26. The van der Waals surface area contributed by atoms with Crippen LogP contribution in [-0.2, 0) is 23.7 Å². The Morgan fingerprint density at radius 1 is 1.44 bits per heavy atom. The van der Waals surface area contributed by atoms with Crippen molar-refractivity contribution in [3.63, 3.8) is 0 Å². The largest absolute Gasteiger partial charge is 0.385 e. The van der Waals surface area contributed by atoms with E-state index in [1.807, 2.05) is 0 Å². The van der Waals surface area contributed by atoms with E-state index in [2.05, 4.69) is 0 Å². The molecule has 0 aliphatic carbocycles. The zero-order valence-corrected chi connectivity index (χ0v) is 9.93. The van der Waals surface area contributed by atoms with Gasteiger partial charge >= 0.3 is 0 Å². The van der Waals surface area contributed by atoms with Gasteiger partial charge in [-0.15, -0.1) is 0 Å². The molecule has 6 nitrogen and oxygen atoms in total. The molecule has 1 rings (SSSR count). The number of ketones is 1. The van der Waals surface area contributed by atoms with Gasteiger partial charge in [0.2, 0.25) is 0 Å². The molecule has 0 saturated carbocycles. The molecule has 94 valence electrons. The van der Waals surface area contributed by atoms with Crippen molar-refractivity contribution in [2.24, 2.45) is 0 Å². The SMILES string of the molecule is COC(OC)[C@H](O)C1OC(C)(C)OCC1=O. The smallest absolute Gasteiger partial charge is 0.190 e. The van der Waals surface area contributed by atoms with Crippen molar-refractivity contribution in [1.82, 2.24) is 0 Å². The van der Waals surface area contributed by atoms with Gasteiger partial charge in [0, 0.05) is 14.2 Å². The first-order chi connectivity index (χ1) is 7.41. The standard InChI is InChI=1S/C10H18O6/c1-10(2)15-5-6(11)8(16-10)7(12)9(13-3)14-4/h7-9,12H,5H2,1-4H3/t7-,8?/m1/s1. The summed E-state index contributed by atoms with van der Waals surface area (Å²) in [5.41, 5.74) is 0. The molecule has 2 atom stereocenters. The van der Waals surface area contributed by atoms with Gasteiger partial charge in [0.15, 0.2) is 24.0 Å². The molecular formula is C10H18O6. The number of methoxy groups -OCH3 is 2. The van der Waals surface area contributed by atoms with Crippen LogP contribution in [0.25, 0.3) is 0 Å². The Balaban J connectivity index is 2.72. The van der Waals surface area contributed by atoms with E-state index in [1.165, 1.54) is 14.2 Å². The molecule has 1 N–H and O–H groups in total. The lowest BCUT2D eigenvalue weighted by Crippen LogP contribution is -2.54. The molecule has 1 unspecified atom stereocenters. The van der Waals surface area contributed by atoms with Crippen molar-refractivity contribution >= 4 is 5.78 Å². The third-order valence-corrected chi connectivity index (χ3v) is 2.34. The molecule has 0 amide bonds. The van der Waals surface area contributed by atoms with Crippen LogP contribution in [0.15, 0.2) is 0 Å². The van der Waals surface area contributed by atoms with E-state index >= 15 is 0 Å². The summed E-state index contributed by atoms with van der Waals surface area (Å²) in [5.74, 6) is -1.23. The van der Waals surface area contributed by atoms with Gasteiger partial charge in [0.1, 0.15) is 12.7 Å². The molecule has 1 fully saturated rings. The molecule has 0 aromatic rings. The van der Waals surface area contributed by atoms with Crippen LogP contribution in [0.3, 0.4) is 0 Å². The van der Waals surface area contributed by atoms with Gasteiger partial charge in [-0.25, -0.2) is 0 Å². The van der Waals surface area contributed by atoms with Crippen molar-refractivity contribution in [1.29, 1.82) is 0 Å². The van der Waals surface area contributed by atoms with Crippen molar-refractivity contribution in [2.75, 3.05) is 20.8 Å². The maximum atomic E-state index is 11.5. The average molecular weight is 234 g/mol. The summed E-state index contributed by atoms with van der Waals surface area (Å²) >= 11 is 0. The van der Waals surface area contributed by atoms with E-state index in [0.29, 0.717) is 0 Å². The second-order valence-electron chi connectivity index (χ2n) is 4.02. The second-order valence-corrected chi connectivity index (χ2v) is 4.02. The first-order valence-corrected chi connectivity index (χ1v) is 4.99. The van der Waals surface area contributed by atoms with Crippen LogP contribution < -0.4 is 0 Å². The Bertz CT molecular complexity index is 248. The second kappa shape index (κ2) is 5.20. The Labute approximate surface area is 94.4 Å². The molecule has 1 aliphatic heterocycles. The number of Topliss-reactive ketones (excluding diaryl/α,β-unsaturated/α-hetero) is 1. The van der Waals surface area contributed by atoms with E-state index in [0.717, 1.165) is 0 Å². The van der Waals surface area contributed by atoms with Gasteiger partial charge in [-0.3, -0.25) is 4.79 Å². The van der Waals surface area contributed by atoms with Gasteiger partial charge in [0.25, 0.3) is 0 Å². The number of carbonyl (C=O) groups excluding carboxylic acids is 1. The predicted octanol–water partition coefficient (Wildman–Crippen LogP) is -0.313. The normalized spacial score (nSPS) is 27.1. The lowest BCUT2D eigenvalue weighted by Gasteiger charge is -2.38. The molecule has 0 spiro atoms. The van der Waals surface area contributed by atoms with Crippen molar-refractivity contribution in [3.8, 4) is 0 Å². The summed E-state index contributed by atoms with van der Waals surface area (Å²) in [4.78, 5) is 11.5. The zero-order valence-electron chi connectivity index (χ0n) is 9.93. The number of carbonyl (C=O) groups is 1. The summed E-state index contributed by atoms with van der Waals surface area (Å²) in [5, 5.41) is 9.88. The number of aliphatic hydroxyl groups excluding tert-OH is 1. The van der Waals surface area contributed by atoms with Crippen LogP contribution in [0.2, 0.25) is 0 Å². The summed E-state index contributed by atoms with van der Waals surface area (Å²) in [7, 11) is 2.76. The monoisotopic (exact) mass is 234 g/mol. The predicted molar refractivity (Wildman–Crippen MR) is 53.7 cm³/mol. The van der Waals surface area contributed by atoms with Crippen LogP contribution in [0, 0.1) is 0 Å². The molecule has 1 saturated heterocycles. The van der Waals surface area contributed by atoms with Gasteiger partial charge in [-0.1, -0.05) is 0 Å². The number of hydrogen-bond acceptors (Lipinski definition) is 6. The Hall–Kier alpha value is -0.530. The lowest BCUT2D eigenvalue weighted by molar-refractivity contribution is -0.289. The van der Waals surface area contributed by atoms with E-state index in [1.54, 1.807) is 13.8 Å². The van der Waals surface area contributed by atoms with Gasteiger partial charge in [0.05, 0.1) is 0 Å². The Kier molecular flexibility index (Phi) is 4.40. The molecule has 6 heteroatoms. The molecule has 0 aromatic carbocycles. The third-order valence-electron chi connectivity index (χ3n) is 2.34. The van der Waals surface area contributed by atoms with E-state index in [9.17, 15) is 9.90 Å². The van der Waals surface area contributed by atoms with Gasteiger partial charge in [-0.2, -0.15) is 0 Å². The minimum atomic E-state index is -1.18. The van der Waals surface area contributed by atoms with Gasteiger partial charge in [-0.05, 0) is 13.8 Å². The van der Waals surface area contributed by atoms with Crippen LogP contribution in [0.4, 0.5) is 0 Å². The Morgan fingerprint density at radius 3 is 2.50 bits per heavy atom. The van der Waals surface area contributed by atoms with Crippen molar-refractivity contribution in [2.45, 2.75) is 38.1 Å². The third kappa shape index (κ3) is 2.99. The fourth-order valence-corrected chi connectivity index (χ4v) is 1.51. The molecule has 0 bridgehead atoms. The van der Waals surface area contributed by atoms with Crippen LogP contribution in [0.1, 0.15) is 13.8 Å². The van der Waals surface area contributed by atoms with E-state index < -0.39 is 24.3 Å². The van der Waals surface area contributed by atoms with Gasteiger partial charge < -0.3 is 24.1 Å². The molecule has 0 radical (unpaired) electrons. The molecule has 1 heterocycles. The first-order valence-electron chi connectivity index (χ1n) is 4.99. The topological polar surface area (TPSA) is 74.2 Å². The minimum absolute atomic E-state index is 0.0884. The fourth-order valence-electron chi connectivity index (χ4n) is 1.51. The maximum absolute atomic E-state index is 11.5. The zero-order chi connectivity index (χ0) is 12.3. The highest BCUT2D eigenvalue weighted by molar-refractivity contribution is 5.85. The summed E-state index contributed by atoms with van der Waals surface area (Å²) in [6.07, 6.45) is -3.07. The minimum Gasteiger partial charge on any atom is -0.385 e. The number of aliphatic hydroxyl groups is 1. The maximum Gasteiger partial charge on any atom is 0.190 e. The van der Waals surface area contributed by atoms with Crippen LogP contribution in [-0.4, -0.2) is 56.0 Å². The number of ether oxygens (including phenoxy) is 4. The quantitative estimate of drug-likeness (QED) is 0.672.